The zero-order chi connectivity index (χ0) is 26.8. The number of benzene rings is 2. The van der Waals surface area contributed by atoms with Crippen LogP contribution in [0.4, 0.5) is 27.4 Å². The summed E-state index contributed by atoms with van der Waals surface area (Å²) < 4.78 is 21.1. The Balaban J connectivity index is 1.52. The average Bonchev–Trinajstić information content (AvgIpc) is 3.54. The molecule has 11 heteroatoms. The van der Waals surface area contributed by atoms with E-state index in [1.54, 1.807) is 42.4 Å². The number of anilines is 4. The normalized spacial score (nSPS) is 15.4. The van der Waals surface area contributed by atoms with Crippen LogP contribution < -0.4 is 20.3 Å². The van der Waals surface area contributed by atoms with Crippen LogP contribution in [0.15, 0.2) is 61.4 Å². The van der Waals surface area contributed by atoms with Crippen molar-refractivity contribution in [2.45, 2.75) is 12.5 Å². The Morgan fingerprint density at radius 1 is 1.26 bits per heavy atom. The van der Waals surface area contributed by atoms with Gasteiger partial charge in [0.25, 0.3) is 0 Å². The molecule has 3 heterocycles. The van der Waals surface area contributed by atoms with Crippen LogP contribution in [0, 0.1) is 5.82 Å². The van der Waals surface area contributed by atoms with Crippen LogP contribution >= 0.6 is 0 Å². The standard InChI is InChI=1S/C27H29FN8O2/c1-5-25(37)31-21-12-22(24(38-4)13-23(21)35(3)20-9-10-34(2)16-20)32-27-29-14-17-15-30-36(26(17)33-27)19-8-6-7-18(28)11-19/h5-8,11-15,20H,1,9-10,16H2,2-4H3,(H,31,37)(H,29,32,33). The molecule has 0 spiro atoms. The molecule has 2 N–H and O–H groups in total. The van der Waals surface area contributed by atoms with Crippen LogP contribution in [0.25, 0.3) is 16.7 Å². The number of carbonyl (C=O) groups excluding carboxylic acids is 1. The summed E-state index contributed by atoms with van der Waals surface area (Å²) >= 11 is 0. The zero-order valence-corrected chi connectivity index (χ0v) is 21.5. The summed E-state index contributed by atoms with van der Waals surface area (Å²) in [6.07, 6.45) is 5.50. The van der Waals surface area contributed by atoms with Gasteiger partial charge in [0.05, 0.1) is 41.4 Å². The van der Waals surface area contributed by atoms with E-state index in [0.717, 1.165) is 25.2 Å². The molecule has 1 saturated heterocycles. The third-order valence-corrected chi connectivity index (χ3v) is 6.66. The van der Waals surface area contributed by atoms with Crippen molar-refractivity contribution in [3.63, 3.8) is 0 Å². The van der Waals surface area contributed by atoms with Crippen LogP contribution in [0.1, 0.15) is 6.42 Å². The van der Waals surface area contributed by atoms with Crippen molar-refractivity contribution >= 4 is 40.0 Å². The van der Waals surface area contributed by atoms with E-state index in [9.17, 15) is 9.18 Å². The Morgan fingerprint density at radius 2 is 2.11 bits per heavy atom. The number of nitrogens with one attached hydrogen (secondary N) is 2. The summed E-state index contributed by atoms with van der Waals surface area (Å²) in [4.78, 5) is 25.8. The van der Waals surface area contributed by atoms with Crippen molar-refractivity contribution < 1.29 is 13.9 Å². The number of halogens is 1. The molecule has 0 saturated carbocycles. The second kappa shape index (κ2) is 10.5. The fourth-order valence-corrected chi connectivity index (χ4v) is 4.63. The first kappa shape index (κ1) is 25.2. The number of likely N-dealkylation sites (N-methyl/N-ethyl adjacent to an activating group) is 2. The molecule has 1 unspecified atom stereocenters. The molecule has 5 rings (SSSR count). The van der Waals surface area contributed by atoms with Crippen molar-refractivity contribution in [3.05, 3.63) is 67.3 Å². The topological polar surface area (TPSA) is 100 Å². The molecule has 1 amide bonds. The maximum Gasteiger partial charge on any atom is 0.247 e. The first-order valence-corrected chi connectivity index (χ1v) is 12.2. The van der Waals surface area contributed by atoms with Crippen molar-refractivity contribution in [2.24, 2.45) is 0 Å². The van der Waals surface area contributed by atoms with Gasteiger partial charge in [-0.25, -0.2) is 14.1 Å². The molecule has 0 aliphatic carbocycles. The predicted molar refractivity (Wildman–Crippen MR) is 146 cm³/mol. The van der Waals surface area contributed by atoms with E-state index >= 15 is 0 Å². The molecule has 2 aromatic heterocycles. The van der Waals surface area contributed by atoms with Crippen LogP contribution in [-0.2, 0) is 4.79 Å². The Bertz CT molecular complexity index is 1500. The largest absolute Gasteiger partial charge is 0.494 e. The van der Waals surface area contributed by atoms with E-state index in [0.29, 0.717) is 33.8 Å². The van der Waals surface area contributed by atoms with Crippen LogP contribution in [0.2, 0.25) is 0 Å². The molecule has 1 aliphatic heterocycles. The number of hydrogen-bond acceptors (Lipinski definition) is 8. The lowest BCUT2D eigenvalue weighted by Gasteiger charge is -2.29. The first-order valence-electron chi connectivity index (χ1n) is 12.2. The van der Waals surface area contributed by atoms with E-state index in [-0.39, 0.29) is 23.7 Å². The molecule has 0 radical (unpaired) electrons. The molecule has 4 aromatic rings. The molecule has 196 valence electrons. The quantitative estimate of drug-likeness (QED) is 0.340. The summed E-state index contributed by atoms with van der Waals surface area (Å²) in [5, 5.41) is 11.2. The number of amides is 1. The van der Waals surface area contributed by atoms with Crippen LogP contribution in [0.5, 0.6) is 5.75 Å². The maximum atomic E-state index is 13.8. The first-order chi connectivity index (χ1) is 18.4. The lowest BCUT2D eigenvalue weighted by Crippen LogP contribution is -2.34. The summed E-state index contributed by atoms with van der Waals surface area (Å²) in [5.74, 6) is 0.147. The van der Waals surface area contributed by atoms with E-state index < -0.39 is 0 Å². The third-order valence-electron chi connectivity index (χ3n) is 6.66. The molecule has 38 heavy (non-hydrogen) atoms. The van der Waals surface area contributed by atoms with E-state index in [4.69, 9.17) is 4.74 Å². The smallest absolute Gasteiger partial charge is 0.247 e. The average molecular weight is 517 g/mol. The highest BCUT2D eigenvalue weighted by Gasteiger charge is 2.26. The van der Waals surface area contributed by atoms with Crippen molar-refractivity contribution in [3.8, 4) is 11.4 Å². The van der Waals surface area contributed by atoms with Gasteiger partial charge < -0.3 is 25.2 Å². The minimum absolute atomic E-state index is 0.286. The van der Waals surface area contributed by atoms with Gasteiger partial charge in [-0.15, -0.1) is 0 Å². The lowest BCUT2D eigenvalue weighted by atomic mass is 10.1. The van der Waals surface area contributed by atoms with E-state index in [1.165, 1.54) is 18.2 Å². The number of hydrogen-bond donors (Lipinski definition) is 2. The second-order valence-corrected chi connectivity index (χ2v) is 9.21. The van der Waals surface area contributed by atoms with E-state index in [2.05, 4.69) is 49.1 Å². The molecule has 2 aromatic carbocycles. The maximum absolute atomic E-state index is 13.8. The Morgan fingerprint density at radius 3 is 2.82 bits per heavy atom. The van der Waals surface area contributed by atoms with Crippen molar-refractivity contribution in [2.75, 3.05) is 49.8 Å². The van der Waals surface area contributed by atoms with E-state index in [1.807, 2.05) is 13.1 Å². The molecule has 10 nitrogen and oxygen atoms in total. The number of fused-ring (bicyclic) bond motifs is 1. The number of carbonyl (C=O) groups is 1. The monoisotopic (exact) mass is 516 g/mol. The number of rotatable bonds is 8. The fourth-order valence-electron chi connectivity index (χ4n) is 4.63. The van der Waals surface area contributed by atoms with Gasteiger partial charge in [0.2, 0.25) is 11.9 Å². The Kier molecular flexibility index (Phi) is 6.93. The zero-order valence-electron chi connectivity index (χ0n) is 21.5. The Labute approximate surface area is 219 Å². The lowest BCUT2D eigenvalue weighted by molar-refractivity contribution is -0.111. The number of nitrogens with zero attached hydrogens (tertiary/aromatic N) is 6. The Hall–Kier alpha value is -4.51. The second-order valence-electron chi connectivity index (χ2n) is 9.21. The van der Waals surface area contributed by atoms with Crippen molar-refractivity contribution in [1.29, 1.82) is 0 Å². The molecule has 1 fully saturated rings. The van der Waals surface area contributed by atoms with Crippen LogP contribution in [0.3, 0.4) is 0 Å². The predicted octanol–water partition coefficient (Wildman–Crippen LogP) is 3.97. The molecule has 1 atom stereocenters. The molecule has 1 aliphatic rings. The third kappa shape index (κ3) is 5.00. The summed E-state index contributed by atoms with van der Waals surface area (Å²) in [6, 6.07) is 10.1. The van der Waals surface area contributed by atoms with Gasteiger partial charge in [-0.2, -0.15) is 10.1 Å². The number of likely N-dealkylation sites (tertiary alicyclic amines) is 1. The van der Waals surface area contributed by atoms with Gasteiger partial charge in [0.1, 0.15) is 11.6 Å². The minimum atomic E-state index is -0.369. The number of aromatic nitrogens is 4. The van der Waals surface area contributed by atoms with Crippen molar-refractivity contribution in [1.82, 2.24) is 24.6 Å². The van der Waals surface area contributed by atoms with Gasteiger partial charge in [-0.3, -0.25) is 4.79 Å². The van der Waals surface area contributed by atoms with Gasteiger partial charge in [0, 0.05) is 31.9 Å². The number of methoxy groups -OCH3 is 1. The van der Waals surface area contributed by atoms with Gasteiger partial charge in [-0.05, 0) is 50.4 Å². The number of ether oxygens (including phenoxy) is 1. The molecule has 0 bridgehead atoms. The van der Waals surface area contributed by atoms with Gasteiger partial charge in [-0.1, -0.05) is 12.6 Å². The van der Waals surface area contributed by atoms with Gasteiger partial charge >= 0.3 is 0 Å². The molecular formula is C27H29FN8O2. The highest BCUT2D eigenvalue weighted by atomic mass is 19.1. The molecular weight excluding hydrogens is 487 g/mol. The highest BCUT2D eigenvalue weighted by Crippen LogP contribution is 2.39. The summed E-state index contributed by atoms with van der Waals surface area (Å²) in [5.41, 5.74) is 3.03. The minimum Gasteiger partial charge on any atom is -0.494 e. The summed E-state index contributed by atoms with van der Waals surface area (Å²) in [7, 11) is 5.69. The van der Waals surface area contributed by atoms with Gasteiger partial charge in [0.15, 0.2) is 5.65 Å². The highest BCUT2D eigenvalue weighted by molar-refractivity contribution is 6.02. The SMILES string of the molecule is C=CC(=O)Nc1cc(Nc2ncc3cnn(-c4cccc(F)c4)c3n2)c(OC)cc1N(C)C1CCN(C)C1. The fraction of sp³-hybridized carbons (Fsp3) is 0.259. The summed E-state index contributed by atoms with van der Waals surface area (Å²) in [6.45, 7) is 5.50. The van der Waals surface area contributed by atoms with Crippen LogP contribution in [-0.4, -0.2) is 70.9 Å².